The Morgan fingerprint density at radius 2 is 1.67 bits per heavy atom. The topological polar surface area (TPSA) is 59.5 Å². The summed E-state index contributed by atoms with van der Waals surface area (Å²) in [6.07, 6.45) is 5.71. The van der Waals surface area contributed by atoms with Crippen LogP contribution in [0, 0.1) is 0 Å². The van der Waals surface area contributed by atoms with Crippen LogP contribution in [0.3, 0.4) is 0 Å². The van der Waals surface area contributed by atoms with Gasteiger partial charge in [0.2, 0.25) is 5.91 Å². The van der Waals surface area contributed by atoms with E-state index in [4.69, 9.17) is 4.74 Å². The summed E-state index contributed by atoms with van der Waals surface area (Å²) in [6.45, 7) is 0.661. The fourth-order valence-corrected chi connectivity index (χ4v) is 3.53. The molecule has 5 heteroatoms. The van der Waals surface area contributed by atoms with Crippen molar-refractivity contribution >= 4 is 23.5 Å². The summed E-state index contributed by atoms with van der Waals surface area (Å²) in [5.74, 6) is -0.204. The molecule has 0 atom stereocenters. The van der Waals surface area contributed by atoms with Gasteiger partial charge in [-0.25, -0.2) is 0 Å². The molecule has 1 amide bonds. The van der Waals surface area contributed by atoms with Crippen molar-refractivity contribution < 1.29 is 14.3 Å². The second-order valence-corrected chi connectivity index (χ2v) is 7.92. The Balaban J connectivity index is 1.69. The Morgan fingerprint density at radius 1 is 0.970 bits per heavy atom. The van der Waals surface area contributed by atoms with Crippen molar-refractivity contribution in [1.82, 2.24) is 9.88 Å². The number of pyridine rings is 1. The molecule has 0 saturated heterocycles. The van der Waals surface area contributed by atoms with E-state index in [1.165, 1.54) is 12.7 Å². The van der Waals surface area contributed by atoms with E-state index < -0.39 is 0 Å². The largest absolute Gasteiger partial charge is 0.469 e. The van der Waals surface area contributed by atoms with Crippen molar-refractivity contribution in [3.63, 3.8) is 0 Å². The number of aromatic nitrogens is 1. The number of rotatable bonds is 10. The molecule has 0 bridgehead atoms. The van der Waals surface area contributed by atoms with E-state index in [-0.39, 0.29) is 18.3 Å². The third-order valence-electron chi connectivity index (χ3n) is 5.49. The highest BCUT2D eigenvalue weighted by Gasteiger charge is 2.12. The van der Waals surface area contributed by atoms with Gasteiger partial charge < -0.3 is 9.64 Å². The van der Waals surface area contributed by atoms with Gasteiger partial charge in [0.05, 0.1) is 19.2 Å². The number of carbonyl (C=O) groups is 2. The minimum Gasteiger partial charge on any atom is -0.469 e. The molecule has 2 aromatic carbocycles. The smallest absolute Gasteiger partial charge is 0.305 e. The summed E-state index contributed by atoms with van der Waals surface area (Å²) in [6, 6.07) is 24.0. The summed E-state index contributed by atoms with van der Waals surface area (Å²) in [7, 11) is 3.23. The Labute approximate surface area is 195 Å². The summed E-state index contributed by atoms with van der Waals surface area (Å²) in [4.78, 5) is 30.5. The molecule has 0 aliphatic carbocycles. The predicted octanol–water partition coefficient (Wildman–Crippen LogP) is 4.82. The third kappa shape index (κ3) is 7.72. The lowest BCUT2D eigenvalue weighted by atomic mass is 9.98. The van der Waals surface area contributed by atoms with E-state index in [1.54, 1.807) is 11.1 Å². The normalized spacial score (nSPS) is 11.2. The molecule has 5 nitrogen and oxygen atoms in total. The number of nitrogens with zero attached hydrogens (tertiary/aromatic N) is 2. The molecule has 1 aromatic heterocycles. The Hall–Kier alpha value is -3.73. The van der Waals surface area contributed by atoms with Crippen LogP contribution in [0.1, 0.15) is 35.2 Å². The van der Waals surface area contributed by atoms with Gasteiger partial charge in [-0.2, -0.15) is 0 Å². The average Bonchev–Trinajstić information content (AvgIpc) is 2.86. The third-order valence-corrected chi connectivity index (χ3v) is 5.49. The fraction of sp³-hybridized carbons (Fsp3) is 0.250. The molecular formula is C28H30N2O3. The van der Waals surface area contributed by atoms with Crippen LogP contribution < -0.4 is 0 Å². The lowest BCUT2D eigenvalue weighted by Gasteiger charge is -2.17. The first-order chi connectivity index (χ1) is 16.0. The Bertz CT molecular complexity index is 1080. The lowest BCUT2D eigenvalue weighted by molar-refractivity contribution is -0.140. The van der Waals surface area contributed by atoms with Gasteiger partial charge in [0.15, 0.2) is 0 Å². The number of benzene rings is 2. The molecule has 0 spiro atoms. The van der Waals surface area contributed by atoms with Crippen molar-refractivity contribution in [2.45, 2.75) is 25.7 Å². The molecule has 3 aromatic rings. The van der Waals surface area contributed by atoms with Crippen LogP contribution in [-0.4, -0.2) is 42.5 Å². The van der Waals surface area contributed by atoms with Gasteiger partial charge in [0.1, 0.15) is 0 Å². The van der Waals surface area contributed by atoms with E-state index in [2.05, 4.69) is 17.1 Å². The summed E-state index contributed by atoms with van der Waals surface area (Å²) in [5.41, 5.74) is 4.97. The standard InChI is InChI=1S/C28H30N2O3/c1-30(18-16-22-9-5-3-6-10-22)27(31)21-26-20-23(15-17-29-26)19-25(13-14-28(32)33-2)24-11-7-4-8-12-24/h3-12,15,17,19-20H,13-14,16,18,21H2,1-2H3. The zero-order valence-corrected chi connectivity index (χ0v) is 19.2. The molecule has 0 radical (unpaired) electrons. The van der Waals surface area contributed by atoms with Crippen LogP contribution in [0.5, 0.6) is 0 Å². The number of likely N-dealkylation sites (N-methyl/N-ethyl adjacent to an activating group) is 1. The number of allylic oxidation sites excluding steroid dienone is 1. The molecule has 0 unspecified atom stereocenters. The molecule has 33 heavy (non-hydrogen) atoms. The predicted molar refractivity (Wildman–Crippen MR) is 131 cm³/mol. The number of amides is 1. The maximum Gasteiger partial charge on any atom is 0.305 e. The SMILES string of the molecule is COC(=O)CCC(=Cc1ccnc(CC(=O)N(C)CCc2ccccc2)c1)c1ccccc1. The number of esters is 1. The van der Waals surface area contributed by atoms with Crippen LogP contribution in [0.15, 0.2) is 79.0 Å². The highest BCUT2D eigenvalue weighted by Crippen LogP contribution is 2.23. The van der Waals surface area contributed by atoms with Crippen molar-refractivity contribution in [2.24, 2.45) is 0 Å². The van der Waals surface area contributed by atoms with Crippen LogP contribution in [0.25, 0.3) is 11.6 Å². The number of hydrogen-bond acceptors (Lipinski definition) is 4. The molecule has 3 rings (SSSR count). The highest BCUT2D eigenvalue weighted by molar-refractivity contribution is 5.84. The van der Waals surface area contributed by atoms with Gasteiger partial charge in [-0.05, 0) is 47.2 Å². The van der Waals surface area contributed by atoms with E-state index in [9.17, 15) is 9.59 Å². The molecule has 1 heterocycles. The quantitative estimate of drug-likeness (QED) is 0.423. The lowest BCUT2D eigenvalue weighted by Crippen LogP contribution is -2.30. The minimum absolute atomic E-state index is 0.0357. The fourth-order valence-electron chi connectivity index (χ4n) is 3.53. The number of carbonyl (C=O) groups excluding carboxylic acids is 2. The van der Waals surface area contributed by atoms with E-state index in [0.29, 0.717) is 19.4 Å². The second-order valence-electron chi connectivity index (χ2n) is 7.92. The maximum atomic E-state index is 12.7. The Kier molecular flexibility index (Phi) is 8.95. The van der Waals surface area contributed by atoms with Gasteiger partial charge in [-0.3, -0.25) is 14.6 Å². The van der Waals surface area contributed by atoms with E-state index in [0.717, 1.165) is 28.8 Å². The molecule has 0 N–H and O–H groups in total. The average molecular weight is 443 g/mol. The minimum atomic E-state index is -0.239. The summed E-state index contributed by atoms with van der Waals surface area (Å²) < 4.78 is 4.80. The molecule has 0 aliphatic heterocycles. The van der Waals surface area contributed by atoms with Crippen molar-refractivity contribution in [3.8, 4) is 0 Å². The zero-order chi connectivity index (χ0) is 23.5. The summed E-state index contributed by atoms with van der Waals surface area (Å²) >= 11 is 0. The second kappa shape index (κ2) is 12.3. The van der Waals surface area contributed by atoms with Crippen molar-refractivity contribution in [2.75, 3.05) is 20.7 Å². The number of methoxy groups -OCH3 is 1. The number of ether oxygens (including phenoxy) is 1. The van der Waals surface area contributed by atoms with Crippen LogP contribution >= 0.6 is 0 Å². The van der Waals surface area contributed by atoms with Crippen LogP contribution in [0.4, 0.5) is 0 Å². The maximum absolute atomic E-state index is 12.7. The first-order valence-electron chi connectivity index (χ1n) is 11.1. The monoisotopic (exact) mass is 442 g/mol. The first kappa shape index (κ1) is 23.9. The number of hydrogen-bond donors (Lipinski definition) is 0. The van der Waals surface area contributed by atoms with Gasteiger partial charge in [0, 0.05) is 26.2 Å². The van der Waals surface area contributed by atoms with Crippen molar-refractivity contribution in [1.29, 1.82) is 0 Å². The van der Waals surface area contributed by atoms with Gasteiger partial charge >= 0.3 is 5.97 Å². The van der Waals surface area contributed by atoms with Crippen LogP contribution in [-0.2, 0) is 27.2 Å². The van der Waals surface area contributed by atoms with Gasteiger partial charge in [-0.15, -0.1) is 0 Å². The molecule has 0 aliphatic rings. The molecule has 170 valence electrons. The highest BCUT2D eigenvalue weighted by atomic mass is 16.5. The molecule has 0 saturated carbocycles. The Morgan fingerprint density at radius 3 is 2.36 bits per heavy atom. The first-order valence-corrected chi connectivity index (χ1v) is 11.1. The van der Waals surface area contributed by atoms with Crippen LogP contribution in [0.2, 0.25) is 0 Å². The molecular weight excluding hydrogens is 412 g/mol. The van der Waals surface area contributed by atoms with Gasteiger partial charge in [-0.1, -0.05) is 66.7 Å². The van der Waals surface area contributed by atoms with E-state index >= 15 is 0 Å². The molecule has 0 fully saturated rings. The zero-order valence-electron chi connectivity index (χ0n) is 19.2. The van der Waals surface area contributed by atoms with E-state index in [1.807, 2.05) is 73.8 Å². The summed E-state index contributed by atoms with van der Waals surface area (Å²) in [5, 5.41) is 0. The van der Waals surface area contributed by atoms with Gasteiger partial charge in [0.25, 0.3) is 0 Å². The van der Waals surface area contributed by atoms with Crippen molar-refractivity contribution in [3.05, 3.63) is 101 Å².